The van der Waals surface area contributed by atoms with Crippen molar-refractivity contribution in [3.8, 4) is 28.7 Å². The third kappa shape index (κ3) is 2.73. The van der Waals surface area contributed by atoms with Crippen LogP contribution in [0.2, 0.25) is 0 Å². The van der Waals surface area contributed by atoms with Gasteiger partial charge in [-0.2, -0.15) is 0 Å². The van der Waals surface area contributed by atoms with Gasteiger partial charge in [0, 0.05) is 11.5 Å². The Kier molecular flexibility index (Phi) is 4.20. The zero-order valence-corrected chi connectivity index (χ0v) is 16.9. The molecular weight excluding hydrogens is 388 g/mol. The summed E-state index contributed by atoms with van der Waals surface area (Å²) in [5.41, 5.74) is 2.73. The summed E-state index contributed by atoms with van der Waals surface area (Å²) in [5, 5.41) is 0. The number of carbonyl (C=O) groups is 2. The van der Waals surface area contributed by atoms with Crippen LogP contribution in [0.5, 0.6) is 28.7 Å². The van der Waals surface area contributed by atoms with E-state index in [1.807, 2.05) is 26.0 Å². The van der Waals surface area contributed by atoms with Crippen LogP contribution in [0.4, 0.5) is 0 Å². The largest absolute Gasteiger partial charge is 0.493 e. The lowest BCUT2D eigenvalue weighted by atomic mass is 9.84. The molecule has 2 aromatic rings. The van der Waals surface area contributed by atoms with Gasteiger partial charge < -0.3 is 23.7 Å². The lowest BCUT2D eigenvalue weighted by Gasteiger charge is -2.28. The monoisotopic (exact) mass is 408 g/mol. The first-order valence-electron chi connectivity index (χ1n) is 9.73. The van der Waals surface area contributed by atoms with Crippen LogP contribution in [0, 0.1) is 0 Å². The maximum atomic E-state index is 12.8. The molecule has 3 heterocycles. The molecule has 3 aliphatic rings. The number of esters is 1. The number of hydrogen-bond acceptors (Lipinski definition) is 7. The minimum Gasteiger partial charge on any atom is -0.493 e. The van der Waals surface area contributed by atoms with Crippen molar-refractivity contribution in [2.45, 2.75) is 26.2 Å². The average Bonchev–Trinajstić information content (AvgIpc) is 3.09. The molecule has 0 saturated carbocycles. The van der Waals surface area contributed by atoms with Crippen LogP contribution in [-0.2, 0) is 4.79 Å². The standard InChI is InChI=1S/C23H20O7/c1-11(2)21-20(25)13-4-5-15-19(22(13)30-21)14(10-18(24)29-15)12-8-16(26-3)23-17(9-12)27-6-7-28-23/h4-5,8-9,14H,6-7,10H2,1-3H3/t14-/m1/s1. The molecule has 30 heavy (non-hydrogen) atoms. The van der Waals surface area contributed by atoms with Crippen LogP contribution in [0.1, 0.15) is 47.7 Å². The van der Waals surface area contributed by atoms with E-state index in [0.717, 1.165) is 11.1 Å². The summed E-state index contributed by atoms with van der Waals surface area (Å²) in [4.78, 5) is 25.1. The summed E-state index contributed by atoms with van der Waals surface area (Å²) in [7, 11) is 1.56. The van der Waals surface area contributed by atoms with E-state index in [0.29, 0.717) is 58.8 Å². The molecule has 0 amide bonds. The smallest absolute Gasteiger partial charge is 0.312 e. The Labute approximate surface area is 173 Å². The summed E-state index contributed by atoms with van der Waals surface area (Å²) >= 11 is 0. The molecule has 0 bridgehead atoms. The molecule has 0 saturated heterocycles. The van der Waals surface area contributed by atoms with Gasteiger partial charge in [0.1, 0.15) is 24.7 Å². The molecule has 2 aromatic carbocycles. The fraction of sp³-hybridized carbons (Fsp3) is 0.304. The van der Waals surface area contributed by atoms with E-state index in [2.05, 4.69) is 0 Å². The predicted octanol–water partition coefficient (Wildman–Crippen LogP) is 3.78. The lowest BCUT2D eigenvalue weighted by Crippen LogP contribution is -2.22. The summed E-state index contributed by atoms with van der Waals surface area (Å²) in [6.07, 6.45) is 0.105. The number of methoxy groups -OCH3 is 1. The van der Waals surface area contributed by atoms with Crippen molar-refractivity contribution in [2.24, 2.45) is 0 Å². The van der Waals surface area contributed by atoms with Crippen molar-refractivity contribution in [3.63, 3.8) is 0 Å². The Bertz CT molecular complexity index is 1110. The van der Waals surface area contributed by atoms with E-state index >= 15 is 0 Å². The number of rotatable bonds is 2. The van der Waals surface area contributed by atoms with Gasteiger partial charge in [-0.15, -0.1) is 0 Å². The molecule has 0 aliphatic carbocycles. The maximum Gasteiger partial charge on any atom is 0.312 e. The first kappa shape index (κ1) is 18.5. The molecule has 3 aliphatic heterocycles. The van der Waals surface area contributed by atoms with Gasteiger partial charge in [0.2, 0.25) is 11.5 Å². The molecule has 1 atom stereocenters. The number of Topliss-reactive ketones (excluding diaryl/α,β-unsaturated/α-hetero) is 1. The maximum absolute atomic E-state index is 12.8. The molecule has 7 heteroatoms. The van der Waals surface area contributed by atoms with Crippen molar-refractivity contribution in [1.29, 1.82) is 0 Å². The third-order valence-electron chi connectivity index (χ3n) is 5.46. The van der Waals surface area contributed by atoms with Crippen LogP contribution < -0.4 is 23.7 Å². The molecule has 0 fully saturated rings. The Morgan fingerprint density at radius 2 is 1.80 bits per heavy atom. The number of ether oxygens (including phenoxy) is 5. The molecular formula is C23H20O7. The van der Waals surface area contributed by atoms with E-state index in [1.165, 1.54) is 0 Å². The Morgan fingerprint density at radius 1 is 1.00 bits per heavy atom. The minimum absolute atomic E-state index is 0.105. The van der Waals surface area contributed by atoms with Crippen molar-refractivity contribution in [3.05, 3.63) is 52.3 Å². The fourth-order valence-electron chi connectivity index (χ4n) is 4.10. The van der Waals surface area contributed by atoms with E-state index < -0.39 is 0 Å². The molecule has 7 nitrogen and oxygen atoms in total. The number of fused-ring (bicyclic) bond motifs is 4. The molecule has 0 unspecified atom stereocenters. The van der Waals surface area contributed by atoms with Gasteiger partial charge >= 0.3 is 5.97 Å². The van der Waals surface area contributed by atoms with Gasteiger partial charge in [-0.3, -0.25) is 9.59 Å². The second-order valence-electron chi connectivity index (χ2n) is 7.59. The normalized spacial score (nSPS) is 18.9. The Hall–Kier alpha value is -3.48. The summed E-state index contributed by atoms with van der Waals surface area (Å²) < 4.78 is 28.4. The number of benzene rings is 2. The predicted molar refractivity (Wildman–Crippen MR) is 106 cm³/mol. The Morgan fingerprint density at radius 3 is 2.57 bits per heavy atom. The highest BCUT2D eigenvalue weighted by Crippen LogP contribution is 2.51. The summed E-state index contributed by atoms with van der Waals surface area (Å²) in [6, 6.07) is 6.98. The molecule has 0 aromatic heterocycles. The van der Waals surface area contributed by atoms with Gasteiger partial charge in [-0.25, -0.2) is 0 Å². The van der Waals surface area contributed by atoms with Gasteiger partial charge in [0.15, 0.2) is 17.3 Å². The number of ketones is 1. The molecule has 5 rings (SSSR count). The average molecular weight is 408 g/mol. The van der Waals surface area contributed by atoms with Crippen LogP contribution in [0.15, 0.2) is 35.6 Å². The second kappa shape index (κ2) is 6.79. The highest BCUT2D eigenvalue weighted by molar-refractivity contribution is 6.13. The quantitative estimate of drug-likeness (QED) is 0.425. The minimum atomic E-state index is -0.384. The number of hydrogen-bond donors (Lipinski definition) is 0. The Balaban J connectivity index is 1.70. The first-order valence-corrected chi connectivity index (χ1v) is 9.73. The van der Waals surface area contributed by atoms with E-state index in [1.54, 1.807) is 19.2 Å². The second-order valence-corrected chi connectivity index (χ2v) is 7.59. The van der Waals surface area contributed by atoms with Gasteiger partial charge in [-0.05, 0) is 49.2 Å². The topological polar surface area (TPSA) is 80.3 Å². The number of carbonyl (C=O) groups excluding carboxylic acids is 2. The van der Waals surface area contributed by atoms with Crippen LogP contribution in [0.25, 0.3) is 0 Å². The molecule has 154 valence electrons. The summed E-state index contributed by atoms with van der Waals surface area (Å²) in [5.74, 6) is 1.88. The van der Waals surface area contributed by atoms with Crippen molar-refractivity contribution in [1.82, 2.24) is 0 Å². The molecule has 0 N–H and O–H groups in total. The first-order chi connectivity index (χ1) is 14.5. The summed E-state index contributed by atoms with van der Waals surface area (Å²) in [6.45, 7) is 4.53. The van der Waals surface area contributed by atoms with Crippen molar-refractivity contribution >= 4 is 11.8 Å². The number of allylic oxidation sites excluding steroid dienone is 2. The lowest BCUT2D eigenvalue weighted by molar-refractivity contribution is -0.135. The van der Waals surface area contributed by atoms with Gasteiger partial charge in [-0.1, -0.05) is 0 Å². The highest BCUT2D eigenvalue weighted by Gasteiger charge is 2.39. The van der Waals surface area contributed by atoms with Crippen LogP contribution in [-0.4, -0.2) is 32.1 Å². The van der Waals surface area contributed by atoms with Crippen LogP contribution >= 0.6 is 0 Å². The fourth-order valence-corrected chi connectivity index (χ4v) is 4.10. The SMILES string of the molecule is COc1cc([C@H]2CC(=O)Oc3ccc4c(c32)OC(=C(C)C)C4=O)cc2c1OCCO2. The van der Waals surface area contributed by atoms with E-state index in [9.17, 15) is 9.59 Å². The van der Waals surface area contributed by atoms with Crippen molar-refractivity contribution in [2.75, 3.05) is 20.3 Å². The van der Waals surface area contributed by atoms with E-state index in [4.69, 9.17) is 23.7 Å². The molecule has 0 radical (unpaired) electrons. The van der Waals surface area contributed by atoms with Crippen LogP contribution in [0.3, 0.4) is 0 Å². The highest BCUT2D eigenvalue weighted by atomic mass is 16.6. The van der Waals surface area contributed by atoms with Gasteiger partial charge in [0.25, 0.3) is 0 Å². The van der Waals surface area contributed by atoms with Gasteiger partial charge in [0.05, 0.1) is 19.1 Å². The molecule has 0 spiro atoms. The van der Waals surface area contributed by atoms with E-state index in [-0.39, 0.29) is 24.1 Å². The third-order valence-corrected chi connectivity index (χ3v) is 5.46. The zero-order chi connectivity index (χ0) is 21.0. The zero-order valence-electron chi connectivity index (χ0n) is 16.9. The van der Waals surface area contributed by atoms with Crippen molar-refractivity contribution < 1.29 is 33.3 Å².